The Morgan fingerprint density at radius 3 is 2.57 bits per heavy atom. The molecule has 0 fully saturated rings. The van der Waals surface area contributed by atoms with Crippen LogP contribution in [0.1, 0.15) is 30.7 Å². The van der Waals surface area contributed by atoms with Gasteiger partial charge >= 0.3 is 6.03 Å². The SMILES string of the molecule is CSCC(C)(C)c1cc(NC(=O)NCc2ccccc2Sc2ccc3nnc(-c4cc(Cl)ccc4O)n3c2)n(-c2ccc(C)cc2)n1. The number of nitrogens with one attached hydrogen (secondary N) is 2. The number of urea groups is 1. The van der Waals surface area contributed by atoms with E-state index in [9.17, 15) is 9.90 Å². The number of pyridine rings is 1. The highest BCUT2D eigenvalue weighted by molar-refractivity contribution is 7.99. The smallest absolute Gasteiger partial charge is 0.320 e. The predicted molar refractivity (Wildman–Crippen MR) is 191 cm³/mol. The maximum absolute atomic E-state index is 13.3. The van der Waals surface area contributed by atoms with Crippen LogP contribution >= 0.6 is 35.1 Å². The maximum atomic E-state index is 13.3. The van der Waals surface area contributed by atoms with Gasteiger partial charge in [0, 0.05) is 44.8 Å². The van der Waals surface area contributed by atoms with Gasteiger partial charge in [-0.15, -0.1) is 10.2 Å². The Balaban J connectivity index is 1.20. The lowest BCUT2D eigenvalue weighted by Crippen LogP contribution is -2.29. The summed E-state index contributed by atoms with van der Waals surface area (Å²) in [5.41, 5.74) is 4.84. The fourth-order valence-electron chi connectivity index (χ4n) is 5.13. The Kier molecular flexibility index (Phi) is 9.49. The number of phenols is 1. The van der Waals surface area contributed by atoms with Crippen LogP contribution in [0.4, 0.5) is 10.6 Å². The number of anilines is 1. The molecule has 12 heteroatoms. The number of aryl methyl sites for hydroxylation is 1. The Hall–Kier alpha value is -4.45. The number of rotatable bonds is 10. The molecule has 240 valence electrons. The second-order valence-corrected chi connectivity index (χ2v) is 14.2. The summed E-state index contributed by atoms with van der Waals surface area (Å²) < 4.78 is 3.62. The highest BCUT2D eigenvalue weighted by Crippen LogP contribution is 2.34. The van der Waals surface area contributed by atoms with E-state index in [0.717, 1.165) is 38.1 Å². The lowest BCUT2D eigenvalue weighted by molar-refractivity contribution is 0.251. The second-order valence-electron chi connectivity index (χ2n) is 11.8. The molecule has 0 unspecified atom stereocenters. The van der Waals surface area contributed by atoms with Crippen LogP contribution in [0.15, 0.2) is 101 Å². The van der Waals surface area contributed by atoms with Crippen LogP contribution in [0.3, 0.4) is 0 Å². The number of aromatic hydroxyl groups is 1. The molecule has 0 aliphatic rings. The molecule has 0 saturated heterocycles. The first kappa shape index (κ1) is 32.5. The predicted octanol–water partition coefficient (Wildman–Crippen LogP) is 8.36. The molecule has 0 spiro atoms. The van der Waals surface area contributed by atoms with E-state index in [0.29, 0.717) is 34.4 Å². The molecule has 0 aliphatic carbocycles. The monoisotopic (exact) mass is 683 g/mol. The number of thioether (sulfide) groups is 1. The fourth-order valence-corrected chi connectivity index (χ4v) is 7.14. The van der Waals surface area contributed by atoms with Gasteiger partial charge in [-0.3, -0.25) is 9.72 Å². The van der Waals surface area contributed by atoms with E-state index in [-0.39, 0.29) is 17.2 Å². The Labute approximate surface area is 286 Å². The zero-order valence-electron chi connectivity index (χ0n) is 26.4. The van der Waals surface area contributed by atoms with Gasteiger partial charge in [0.15, 0.2) is 11.5 Å². The molecule has 3 N–H and O–H groups in total. The van der Waals surface area contributed by atoms with Gasteiger partial charge < -0.3 is 10.4 Å². The first-order valence-electron chi connectivity index (χ1n) is 14.9. The number of hydrogen-bond acceptors (Lipinski definition) is 7. The van der Waals surface area contributed by atoms with Crippen LogP contribution in [-0.2, 0) is 12.0 Å². The molecular formula is C35H34ClN7O2S2. The number of amides is 2. The third-order valence-corrected chi connectivity index (χ3v) is 9.98. The minimum atomic E-state index is -0.329. The second kappa shape index (κ2) is 13.7. The normalized spacial score (nSPS) is 11.6. The van der Waals surface area contributed by atoms with Crippen molar-refractivity contribution in [2.45, 2.75) is 42.5 Å². The number of phenolic OH excluding ortho intramolecular Hbond substituents is 1. The van der Waals surface area contributed by atoms with Gasteiger partial charge in [0.2, 0.25) is 0 Å². The highest BCUT2D eigenvalue weighted by Gasteiger charge is 2.26. The Morgan fingerprint density at radius 1 is 1.00 bits per heavy atom. The van der Waals surface area contributed by atoms with Crippen molar-refractivity contribution in [2.24, 2.45) is 0 Å². The topological polar surface area (TPSA) is 109 Å². The van der Waals surface area contributed by atoms with Crippen LogP contribution in [0.25, 0.3) is 22.7 Å². The number of halogens is 1. The summed E-state index contributed by atoms with van der Waals surface area (Å²) in [4.78, 5) is 15.2. The summed E-state index contributed by atoms with van der Waals surface area (Å²) >= 11 is 9.52. The zero-order valence-corrected chi connectivity index (χ0v) is 28.7. The Bertz CT molecular complexity index is 2060. The summed E-state index contributed by atoms with van der Waals surface area (Å²) in [7, 11) is 0. The Morgan fingerprint density at radius 2 is 1.79 bits per heavy atom. The lowest BCUT2D eigenvalue weighted by atomic mass is 9.92. The number of benzene rings is 3. The molecule has 6 rings (SSSR count). The van der Waals surface area contributed by atoms with E-state index in [4.69, 9.17) is 16.7 Å². The van der Waals surface area contributed by atoms with Gasteiger partial charge in [0.05, 0.1) is 16.9 Å². The molecule has 47 heavy (non-hydrogen) atoms. The standard InChI is InChI=1S/C35H34ClN7O2S2/c1-22-9-12-25(13-10-22)43-32(18-30(41-43)35(2,3)21-46-4)38-34(45)37-19-23-7-5-6-8-29(23)47-26-14-16-31-39-40-33(42(31)20-26)27-17-24(36)11-15-28(27)44/h5-18,20,44H,19,21H2,1-4H3,(H2,37,38,45). The molecule has 3 aromatic heterocycles. The quantitative estimate of drug-likeness (QED) is 0.133. The van der Waals surface area contributed by atoms with Crippen molar-refractivity contribution in [3.63, 3.8) is 0 Å². The molecule has 0 radical (unpaired) electrons. The summed E-state index contributed by atoms with van der Waals surface area (Å²) in [6.45, 7) is 6.68. The summed E-state index contributed by atoms with van der Waals surface area (Å²) in [5, 5.41) is 30.5. The van der Waals surface area contributed by atoms with E-state index >= 15 is 0 Å². The van der Waals surface area contributed by atoms with Gasteiger partial charge in [-0.2, -0.15) is 16.9 Å². The van der Waals surface area contributed by atoms with Gasteiger partial charge in [0.1, 0.15) is 11.6 Å². The number of carbonyl (C=O) groups is 1. The van der Waals surface area contributed by atoms with Crippen molar-refractivity contribution in [3.05, 3.63) is 113 Å². The molecule has 9 nitrogen and oxygen atoms in total. The van der Waals surface area contributed by atoms with Crippen molar-refractivity contribution in [2.75, 3.05) is 17.3 Å². The first-order chi connectivity index (χ1) is 22.6. The molecule has 0 atom stereocenters. The fraction of sp³-hybridized carbons (Fsp3) is 0.200. The van der Waals surface area contributed by atoms with Gasteiger partial charge in [-0.25, -0.2) is 9.48 Å². The average molecular weight is 684 g/mol. The van der Waals surface area contributed by atoms with Crippen molar-refractivity contribution in [3.8, 4) is 22.8 Å². The van der Waals surface area contributed by atoms with Crippen molar-refractivity contribution in [1.82, 2.24) is 29.7 Å². The van der Waals surface area contributed by atoms with Crippen molar-refractivity contribution in [1.29, 1.82) is 0 Å². The first-order valence-corrected chi connectivity index (χ1v) is 17.5. The summed E-state index contributed by atoms with van der Waals surface area (Å²) in [5.74, 6) is 2.05. The third-order valence-electron chi connectivity index (χ3n) is 7.64. The van der Waals surface area contributed by atoms with Crippen LogP contribution < -0.4 is 10.6 Å². The number of fused-ring (bicyclic) bond motifs is 1. The molecule has 0 saturated carbocycles. The molecule has 3 heterocycles. The molecule has 3 aromatic carbocycles. The summed E-state index contributed by atoms with van der Waals surface area (Å²) in [6.07, 6.45) is 4.01. The number of carbonyl (C=O) groups excluding carboxylic acids is 1. The molecular weight excluding hydrogens is 650 g/mol. The maximum Gasteiger partial charge on any atom is 0.320 e. The van der Waals surface area contributed by atoms with E-state index in [1.54, 1.807) is 46.4 Å². The average Bonchev–Trinajstić information content (AvgIpc) is 3.67. The number of aromatic nitrogens is 5. The lowest BCUT2D eigenvalue weighted by Gasteiger charge is -2.20. The minimum absolute atomic E-state index is 0.0678. The van der Waals surface area contributed by atoms with Gasteiger partial charge in [-0.05, 0) is 67.3 Å². The van der Waals surface area contributed by atoms with E-state index in [2.05, 4.69) is 40.9 Å². The van der Waals surface area contributed by atoms with E-state index in [1.165, 1.54) is 0 Å². The zero-order chi connectivity index (χ0) is 33.1. The minimum Gasteiger partial charge on any atom is -0.507 e. The van der Waals surface area contributed by atoms with Crippen LogP contribution in [0.2, 0.25) is 5.02 Å². The molecule has 0 bridgehead atoms. The van der Waals surface area contributed by atoms with Crippen LogP contribution in [0, 0.1) is 6.92 Å². The molecule has 2 amide bonds. The van der Waals surface area contributed by atoms with E-state index in [1.807, 2.05) is 84.3 Å². The number of hydrogen-bond donors (Lipinski definition) is 3. The third kappa shape index (κ3) is 7.27. The van der Waals surface area contributed by atoms with Crippen LogP contribution in [0.5, 0.6) is 5.75 Å². The highest BCUT2D eigenvalue weighted by atomic mass is 35.5. The van der Waals surface area contributed by atoms with Gasteiger partial charge in [0.25, 0.3) is 0 Å². The summed E-state index contributed by atoms with van der Waals surface area (Å²) in [6, 6.07) is 26.3. The largest absolute Gasteiger partial charge is 0.507 e. The molecule has 0 aliphatic heterocycles. The number of nitrogens with zero attached hydrogens (tertiary/aromatic N) is 5. The van der Waals surface area contributed by atoms with Crippen LogP contribution in [-0.4, -0.2) is 47.5 Å². The van der Waals surface area contributed by atoms with Crippen molar-refractivity contribution < 1.29 is 9.90 Å². The van der Waals surface area contributed by atoms with Crippen molar-refractivity contribution >= 4 is 52.6 Å². The van der Waals surface area contributed by atoms with Gasteiger partial charge in [-0.1, -0.05) is 73.1 Å². The van der Waals surface area contributed by atoms with E-state index < -0.39 is 0 Å². The molecule has 6 aromatic rings.